The first-order chi connectivity index (χ1) is 6.76. The molecule has 0 unspecified atom stereocenters. The summed E-state index contributed by atoms with van der Waals surface area (Å²) in [5.41, 5.74) is 2.68. The third-order valence-electron chi connectivity index (χ3n) is 2.53. The van der Waals surface area contributed by atoms with E-state index >= 15 is 0 Å². The van der Waals surface area contributed by atoms with Gasteiger partial charge in [0.15, 0.2) is 0 Å². The van der Waals surface area contributed by atoms with Gasteiger partial charge in [-0.25, -0.2) is 0 Å². The van der Waals surface area contributed by atoms with Crippen molar-refractivity contribution in [3.05, 3.63) is 23.3 Å². The van der Waals surface area contributed by atoms with Crippen LogP contribution in [0, 0.1) is 0 Å². The number of hydrogen-bond acceptors (Lipinski definition) is 3. The molecule has 0 aliphatic carbocycles. The van der Waals surface area contributed by atoms with Gasteiger partial charge < -0.3 is 5.11 Å². The van der Waals surface area contributed by atoms with Crippen LogP contribution in [0.3, 0.4) is 0 Å². The SMILES string of the molecule is CCc1cc2snc(O)c2cc1CC. The summed E-state index contributed by atoms with van der Waals surface area (Å²) in [5, 5.41) is 10.4. The number of aromatic nitrogens is 1. The molecule has 0 amide bonds. The summed E-state index contributed by atoms with van der Waals surface area (Å²) in [5.74, 6) is 0.169. The van der Waals surface area contributed by atoms with Crippen molar-refractivity contribution >= 4 is 21.6 Å². The Hall–Kier alpha value is -1.09. The lowest BCUT2D eigenvalue weighted by Gasteiger charge is -2.04. The minimum atomic E-state index is 0.169. The van der Waals surface area contributed by atoms with Gasteiger partial charge in [-0.1, -0.05) is 13.8 Å². The van der Waals surface area contributed by atoms with Gasteiger partial charge in [-0.2, -0.15) is 4.37 Å². The first kappa shape index (κ1) is 9.46. The van der Waals surface area contributed by atoms with Crippen molar-refractivity contribution in [2.75, 3.05) is 0 Å². The Kier molecular flexibility index (Phi) is 2.42. The summed E-state index contributed by atoms with van der Waals surface area (Å²) in [6.45, 7) is 4.29. The van der Waals surface area contributed by atoms with E-state index in [2.05, 4.69) is 30.4 Å². The largest absolute Gasteiger partial charge is 0.492 e. The smallest absolute Gasteiger partial charge is 0.230 e. The van der Waals surface area contributed by atoms with E-state index in [1.165, 1.54) is 22.7 Å². The second kappa shape index (κ2) is 3.58. The van der Waals surface area contributed by atoms with Crippen molar-refractivity contribution < 1.29 is 5.11 Å². The fourth-order valence-corrected chi connectivity index (χ4v) is 2.44. The second-order valence-corrected chi connectivity index (χ2v) is 4.14. The molecule has 0 aliphatic heterocycles. The van der Waals surface area contributed by atoms with Gasteiger partial charge in [-0.15, -0.1) is 0 Å². The molecule has 0 aliphatic rings. The molecule has 2 rings (SSSR count). The highest BCUT2D eigenvalue weighted by molar-refractivity contribution is 7.13. The summed E-state index contributed by atoms with van der Waals surface area (Å²) < 4.78 is 5.02. The number of benzene rings is 1. The normalized spacial score (nSPS) is 11.0. The molecule has 2 aromatic rings. The monoisotopic (exact) mass is 207 g/mol. The Morgan fingerprint density at radius 3 is 2.50 bits per heavy atom. The molecule has 1 aromatic carbocycles. The van der Waals surface area contributed by atoms with E-state index in [-0.39, 0.29) is 5.88 Å². The lowest BCUT2D eigenvalue weighted by atomic mass is 10.0. The Labute approximate surface area is 87.4 Å². The van der Waals surface area contributed by atoms with Crippen molar-refractivity contribution in [2.24, 2.45) is 0 Å². The number of nitrogens with zero attached hydrogens (tertiary/aromatic N) is 1. The molecule has 0 bridgehead atoms. The van der Waals surface area contributed by atoms with E-state index < -0.39 is 0 Å². The zero-order valence-electron chi connectivity index (χ0n) is 8.37. The van der Waals surface area contributed by atoms with Gasteiger partial charge in [0.1, 0.15) is 0 Å². The van der Waals surface area contributed by atoms with Crippen molar-refractivity contribution in [3.8, 4) is 5.88 Å². The number of aromatic hydroxyl groups is 1. The van der Waals surface area contributed by atoms with Crippen LogP contribution in [0.25, 0.3) is 10.1 Å². The number of hydrogen-bond donors (Lipinski definition) is 1. The fraction of sp³-hybridized carbons (Fsp3) is 0.364. The number of rotatable bonds is 2. The molecule has 0 spiro atoms. The number of fused-ring (bicyclic) bond motifs is 1. The molecule has 14 heavy (non-hydrogen) atoms. The van der Waals surface area contributed by atoms with Crippen LogP contribution in [0.5, 0.6) is 5.88 Å². The summed E-state index contributed by atoms with van der Waals surface area (Å²) >= 11 is 1.36. The van der Waals surface area contributed by atoms with E-state index in [4.69, 9.17) is 0 Å². The van der Waals surface area contributed by atoms with Gasteiger partial charge >= 0.3 is 0 Å². The minimum Gasteiger partial charge on any atom is -0.492 e. The molecule has 0 fully saturated rings. The molecule has 0 radical (unpaired) electrons. The van der Waals surface area contributed by atoms with Crippen LogP contribution < -0.4 is 0 Å². The first-order valence-electron chi connectivity index (χ1n) is 4.86. The van der Waals surface area contributed by atoms with E-state index in [0.717, 1.165) is 22.9 Å². The minimum absolute atomic E-state index is 0.169. The molecule has 0 atom stereocenters. The molecular weight excluding hydrogens is 194 g/mol. The third kappa shape index (κ3) is 1.38. The maximum atomic E-state index is 9.49. The Bertz CT molecular complexity index is 462. The van der Waals surface area contributed by atoms with E-state index in [9.17, 15) is 5.11 Å². The Balaban J connectivity index is 2.71. The van der Waals surface area contributed by atoms with Crippen LogP contribution in [0.15, 0.2) is 12.1 Å². The summed E-state index contributed by atoms with van der Waals surface area (Å²) in [4.78, 5) is 0. The summed E-state index contributed by atoms with van der Waals surface area (Å²) in [6.07, 6.45) is 2.05. The van der Waals surface area contributed by atoms with Crippen LogP contribution in [0.4, 0.5) is 0 Å². The lowest BCUT2D eigenvalue weighted by molar-refractivity contribution is 0.466. The Morgan fingerprint density at radius 2 is 1.86 bits per heavy atom. The van der Waals surface area contributed by atoms with Crippen LogP contribution in [-0.2, 0) is 12.8 Å². The van der Waals surface area contributed by atoms with Crippen molar-refractivity contribution in [1.29, 1.82) is 0 Å². The lowest BCUT2D eigenvalue weighted by Crippen LogP contribution is -1.89. The fourth-order valence-electron chi connectivity index (χ4n) is 1.72. The maximum Gasteiger partial charge on any atom is 0.230 e. The van der Waals surface area contributed by atoms with E-state index in [1.807, 2.05) is 0 Å². The average Bonchev–Trinajstić information content (AvgIpc) is 2.58. The molecule has 1 heterocycles. The highest BCUT2D eigenvalue weighted by Crippen LogP contribution is 2.30. The van der Waals surface area contributed by atoms with Gasteiger partial charge in [0.25, 0.3) is 0 Å². The van der Waals surface area contributed by atoms with E-state index in [0.29, 0.717) is 0 Å². The molecule has 1 aromatic heterocycles. The molecule has 1 N–H and O–H groups in total. The third-order valence-corrected chi connectivity index (χ3v) is 3.33. The van der Waals surface area contributed by atoms with E-state index in [1.54, 1.807) is 0 Å². The zero-order chi connectivity index (χ0) is 10.1. The van der Waals surface area contributed by atoms with Gasteiger partial charge in [0, 0.05) is 0 Å². The summed E-state index contributed by atoms with van der Waals surface area (Å²) in [7, 11) is 0. The van der Waals surface area contributed by atoms with Crippen LogP contribution in [-0.4, -0.2) is 9.48 Å². The first-order valence-corrected chi connectivity index (χ1v) is 5.63. The highest BCUT2D eigenvalue weighted by atomic mass is 32.1. The van der Waals surface area contributed by atoms with Gasteiger partial charge in [0.05, 0.1) is 10.1 Å². The Morgan fingerprint density at radius 1 is 1.21 bits per heavy atom. The molecule has 0 saturated carbocycles. The average molecular weight is 207 g/mol. The highest BCUT2D eigenvalue weighted by Gasteiger charge is 2.08. The van der Waals surface area contributed by atoms with Crippen molar-refractivity contribution in [3.63, 3.8) is 0 Å². The maximum absolute atomic E-state index is 9.49. The molecule has 0 saturated heterocycles. The van der Waals surface area contributed by atoms with Crippen LogP contribution in [0.1, 0.15) is 25.0 Å². The molecule has 2 nitrogen and oxygen atoms in total. The van der Waals surface area contributed by atoms with Gasteiger partial charge in [0.2, 0.25) is 5.88 Å². The summed E-state index contributed by atoms with van der Waals surface area (Å²) in [6, 6.07) is 4.21. The van der Waals surface area contributed by atoms with Gasteiger partial charge in [-0.05, 0) is 47.6 Å². The zero-order valence-corrected chi connectivity index (χ0v) is 9.19. The quantitative estimate of drug-likeness (QED) is 0.820. The molecule has 3 heteroatoms. The van der Waals surface area contributed by atoms with Gasteiger partial charge in [-0.3, -0.25) is 0 Å². The van der Waals surface area contributed by atoms with Crippen LogP contribution in [0.2, 0.25) is 0 Å². The van der Waals surface area contributed by atoms with Crippen LogP contribution >= 0.6 is 11.5 Å². The molecular formula is C11H13NOS. The predicted molar refractivity (Wildman–Crippen MR) is 60.0 cm³/mol. The second-order valence-electron chi connectivity index (χ2n) is 3.33. The van der Waals surface area contributed by atoms with Crippen molar-refractivity contribution in [2.45, 2.75) is 26.7 Å². The topological polar surface area (TPSA) is 33.1 Å². The predicted octanol–water partition coefficient (Wildman–Crippen LogP) is 3.13. The van der Waals surface area contributed by atoms with Crippen molar-refractivity contribution in [1.82, 2.24) is 4.37 Å². The standard InChI is InChI=1S/C11H13NOS/c1-3-7-5-9-10(6-8(7)4-2)14-12-11(9)13/h5-6H,3-4H2,1-2H3,(H,12,13). The molecule has 74 valence electrons. The number of aryl methyl sites for hydroxylation is 2.